The summed E-state index contributed by atoms with van der Waals surface area (Å²) in [6, 6.07) is 5.30. The number of nitrogens with zero attached hydrogens (tertiary/aromatic N) is 2. The fraction of sp³-hybridized carbons (Fsp3) is 0.286. The highest BCUT2D eigenvalue weighted by atomic mass is 16.4. The minimum Gasteiger partial charge on any atom is -0.478 e. The van der Waals surface area contributed by atoms with Gasteiger partial charge in [0.15, 0.2) is 0 Å². The van der Waals surface area contributed by atoms with E-state index in [1.54, 1.807) is 18.3 Å². The summed E-state index contributed by atoms with van der Waals surface area (Å²) < 4.78 is 1.88. The van der Waals surface area contributed by atoms with E-state index in [2.05, 4.69) is 11.9 Å². The molecule has 0 aliphatic heterocycles. The van der Waals surface area contributed by atoms with E-state index in [4.69, 9.17) is 0 Å². The first kappa shape index (κ1) is 12.4. The van der Waals surface area contributed by atoms with E-state index in [9.17, 15) is 9.90 Å². The van der Waals surface area contributed by atoms with Crippen molar-refractivity contribution < 1.29 is 9.90 Å². The predicted molar refractivity (Wildman–Crippen MR) is 69.3 cm³/mol. The molecule has 1 N–H and O–H groups in total. The Labute approximate surface area is 106 Å². The Bertz CT molecular complexity index is 573. The number of aromatic carboxylic acids is 1. The summed E-state index contributed by atoms with van der Waals surface area (Å²) in [5.41, 5.74) is 1.96. The molecule has 2 aromatic rings. The molecule has 18 heavy (non-hydrogen) atoms. The number of benzene rings is 1. The van der Waals surface area contributed by atoms with Gasteiger partial charge in [0.05, 0.1) is 11.3 Å². The highest BCUT2D eigenvalue weighted by Gasteiger charge is 2.15. The maximum atomic E-state index is 11.3. The molecule has 0 radical (unpaired) electrons. The molecule has 0 spiro atoms. The molecule has 0 bridgehead atoms. The number of carboxylic acid groups (broad SMARTS) is 1. The number of aryl methyl sites for hydroxylation is 2. The van der Waals surface area contributed by atoms with Gasteiger partial charge in [0.1, 0.15) is 5.82 Å². The van der Waals surface area contributed by atoms with Crippen LogP contribution in [0.5, 0.6) is 0 Å². The molecule has 0 atom stereocenters. The molecule has 0 aliphatic carbocycles. The van der Waals surface area contributed by atoms with Crippen molar-refractivity contribution in [1.82, 2.24) is 9.55 Å². The summed E-state index contributed by atoms with van der Waals surface area (Å²) in [5.74, 6) is -0.0147. The Morgan fingerprint density at radius 2 is 2.22 bits per heavy atom. The molecule has 4 heteroatoms. The first-order chi connectivity index (χ1) is 8.65. The SMILES string of the molecule is CCCc1nccn1-c1c(C)cccc1C(=O)O. The standard InChI is InChI=1S/C14H16N2O2/c1-3-5-12-15-8-9-16(12)13-10(2)6-4-7-11(13)14(17)18/h4,6-9H,3,5H2,1-2H3,(H,17,18). The van der Waals surface area contributed by atoms with Crippen molar-refractivity contribution in [2.45, 2.75) is 26.7 Å². The monoisotopic (exact) mass is 244 g/mol. The van der Waals surface area contributed by atoms with E-state index < -0.39 is 5.97 Å². The largest absolute Gasteiger partial charge is 0.478 e. The highest BCUT2D eigenvalue weighted by molar-refractivity contribution is 5.92. The molecule has 0 aliphatic rings. The van der Waals surface area contributed by atoms with Crippen LogP contribution in [0, 0.1) is 6.92 Å². The second-order valence-corrected chi connectivity index (χ2v) is 4.24. The molecule has 94 valence electrons. The topological polar surface area (TPSA) is 55.1 Å². The molecule has 0 saturated carbocycles. The van der Waals surface area contributed by atoms with Crippen LogP contribution in [0.4, 0.5) is 0 Å². The molecule has 2 rings (SSSR count). The van der Waals surface area contributed by atoms with Crippen molar-refractivity contribution in [3.8, 4) is 5.69 Å². The first-order valence-electron chi connectivity index (χ1n) is 6.00. The fourth-order valence-electron chi connectivity index (χ4n) is 2.10. The number of hydrogen-bond acceptors (Lipinski definition) is 2. The van der Waals surface area contributed by atoms with Crippen LogP contribution in [0.2, 0.25) is 0 Å². The molecule has 1 aromatic heterocycles. The quantitative estimate of drug-likeness (QED) is 0.899. The normalized spacial score (nSPS) is 10.6. The molecule has 0 unspecified atom stereocenters. The summed E-state index contributed by atoms with van der Waals surface area (Å²) in [5, 5.41) is 9.28. The van der Waals surface area contributed by atoms with E-state index in [1.165, 1.54) is 0 Å². The number of carboxylic acids is 1. The molecule has 0 fully saturated rings. The average molecular weight is 244 g/mol. The van der Waals surface area contributed by atoms with Crippen molar-refractivity contribution >= 4 is 5.97 Å². The predicted octanol–water partition coefficient (Wildman–Crippen LogP) is 2.83. The summed E-state index contributed by atoms with van der Waals surface area (Å²) in [6.45, 7) is 3.99. The number of imidazole rings is 1. The molecule has 4 nitrogen and oxygen atoms in total. The van der Waals surface area contributed by atoms with Crippen LogP contribution in [0.3, 0.4) is 0 Å². The van der Waals surface area contributed by atoms with E-state index in [0.717, 1.165) is 24.2 Å². The van der Waals surface area contributed by atoms with E-state index in [1.807, 2.05) is 23.8 Å². The first-order valence-corrected chi connectivity index (χ1v) is 6.00. The van der Waals surface area contributed by atoms with Gasteiger partial charge in [0, 0.05) is 18.8 Å². The molecular weight excluding hydrogens is 228 g/mol. The van der Waals surface area contributed by atoms with Crippen LogP contribution in [-0.4, -0.2) is 20.6 Å². The van der Waals surface area contributed by atoms with Gasteiger partial charge in [-0.05, 0) is 25.0 Å². The average Bonchev–Trinajstić information content (AvgIpc) is 2.77. The lowest BCUT2D eigenvalue weighted by molar-refractivity contribution is 0.0697. The van der Waals surface area contributed by atoms with Gasteiger partial charge in [0.25, 0.3) is 0 Å². The smallest absolute Gasteiger partial charge is 0.337 e. The van der Waals surface area contributed by atoms with Crippen LogP contribution >= 0.6 is 0 Å². The van der Waals surface area contributed by atoms with Crippen molar-refractivity contribution in [1.29, 1.82) is 0 Å². The van der Waals surface area contributed by atoms with Crippen LogP contribution in [0.25, 0.3) is 5.69 Å². The van der Waals surface area contributed by atoms with Gasteiger partial charge in [-0.25, -0.2) is 9.78 Å². The van der Waals surface area contributed by atoms with Crippen LogP contribution in [0.15, 0.2) is 30.6 Å². The van der Waals surface area contributed by atoms with E-state index in [0.29, 0.717) is 11.3 Å². The van der Waals surface area contributed by atoms with Crippen LogP contribution < -0.4 is 0 Å². The molecule has 1 aromatic carbocycles. The van der Waals surface area contributed by atoms with E-state index >= 15 is 0 Å². The zero-order chi connectivity index (χ0) is 13.1. The Morgan fingerprint density at radius 3 is 2.89 bits per heavy atom. The third kappa shape index (κ3) is 2.14. The van der Waals surface area contributed by atoms with Crippen molar-refractivity contribution in [3.05, 3.63) is 47.5 Å². The lowest BCUT2D eigenvalue weighted by atomic mass is 10.1. The number of carbonyl (C=O) groups is 1. The molecule has 0 amide bonds. The van der Waals surface area contributed by atoms with Gasteiger partial charge in [0.2, 0.25) is 0 Å². The third-order valence-corrected chi connectivity index (χ3v) is 2.90. The van der Waals surface area contributed by atoms with Gasteiger partial charge >= 0.3 is 5.97 Å². The van der Waals surface area contributed by atoms with Crippen molar-refractivity contribution in [3.63, 3.8) is 0 Å². The fourth-order valence-corrected chi connectivity index (χ4v) is 2.10. The minimum atomic E-state index is -0.912. The van der Waals surface area contributed by atoms with Gasteiger partial charge in [-0.15, -0.1) is 0 Å². The lowest BCUT2D eigenvalue weighted by Crippen LogP contribution is -2.09. The summed E-state index contributed by atoms with van der Waals surface area (Å²) in [7, 11) is 0. The van der Waals surface area contributed by atoms with Crippen LogP contribution in [0.1, 0.15) is 35.1 Å². The minimum absolute atomic E-state index is 0.311. The summed E-state index contributed by atoms with van der Waals surface area (Å²) in [4.78, 5) is 15.6. The Balaban J connectivity index is 2.62. The molecule has 1 heterocycles. The van der Waals surface area contributed by atoms with Gasteiger partial charge < -0.3 is 9.67 Å². The van der Waals surface area contributed by atoms with Crippen molar-refractivity contribution in [2.24, 2.45) is 0 Å². The maximum absolute atomic E-state index is 11.3. The number of hydrogen-bond donors (Lipinski definition) is 1. The Kier molecular flexibility index (Phi) is 3.46. The maximum Gasteiger partial charge on any atom is 0.337 e. The second kappa shape index (κ2) is 5.04. The lowest BCUT2D eigenvalue weighted by Gasteiger charge is -2.13. The third-order valence-electron chi connectivity index (χ3n) is 2.90. The number of aromatic nitrogens is 2. The zero-order valence-electron chi connectivity index (χ0n) is 10.6. The van der Waals surface area contributed by atoms with Gasteiger partial charge in [-0.3, -0.25) is 0 Å². The summed E-state index contributed by atoms with van der Waals surface area (Å²) in [6.07, 6.45) is 5.34. The molecule has 0 saturated heterocycles. The summed E-state index contributed by atoms with van der Waals surface area (Å²) >= 11 is 0. The number of para-hydroxylation sites is 1. The van der Waals surface area contributed by atoms with Gasteiger partial charge in [-0.1, -0.05) is 19.1 Å². The van der Waals surface area contributed by atoms with E-state index in [-0.39, 0.29) is 0 Å². The molecular formula is C14H16N2O2. The highest BCUT2D eigenvalue weighted by Crippen LogP contribution is 2.21. The Hall–Kier alpha value is -2.10. The zero-order valence-corrected chi connectivity index (χ0v) is 10.6. The Morgan fingerprint density at radius 1 is 1.44 bits per heavy atom. The second-order valence-electron chi connectivity index (χ2n) is 4.24. The number of rotatable bonds is 4. The van der Waals surface area contributed by atoms with Crippen LogP contribution in [-0.2, 0) is 6.42 Å². The van der Waals surface area contributed by atoms with Crippen molar-refractivity contribution in [2.75, 3.05) is 0 Å². The van der Waals surface area contributed by atoms with Gasteiger partial charge in [-0.2, -0.15) is 0 Å².